The molecule has 2 amide bonds. The monoisotopic (exact) mass is 387 g/mol. The number of nitrogens with one attached hydrogen (secondary N) is 1. The molecule has 0 spiro atoms. The number of rotatable bonds is 6. The Morgan fingerprint density at radius 2 is 1.89 bits per heavy atom. The molecule has 1 saturated carbocycles. The van der Waals surface area contributed by atoms with E-state index in [0.717, 1.165) is 38.6 Å². The summed E-state index contributed by atoms with van der Waals surface area (Å²) in [5.41, 5.74) is 1.34. The quantitative estimate of drug-likeness (QED) is 0.787. The van der Waals surface area contributed by atoms with Crippen LogP contribution in [0.15, 0.2) is 30.3 Å². The highest BCUT2D eigenvalue weighted by molar-refractivity contribution is 5.74. The molecule has 0 aromatic heterocycles. The van der Waals surface area contributed by atoms with Crippen molar-refractivity contribution in [1.82, 2.24) is 15.1 Å². The average Bonchev–Trinajstić information content (AvgIpc) is 2.94. The molecule has 2 N–H and O–H groups in total. The molecule has 1 heterocycles. The van der Waals surface area contributed by atoms with Crippen molar-refractivity contribution in [2.24, 2.45) is 5.92 Å². The van der Waals surface area contributed by atoms with Gasteiger partial charge in [-0.3, -0.25) is 9.69 Å². The normalized spacial score (nSPS) is 25.5. The number of aliphatic carboxylic acids is 1. The van der Waals surface area contributed by atoms with E-state index < -0.39 is 5.97 Å². The Bertz CT molecular complexity index is 652. The number of carboxylic acids is 1. The van der Waals surface area contributed by atoms with E-state index >= 15 is 0 Å². The topological polar surface area (TPSA) is 72.9 Å². The zero-order valence-corrected chi connectivity index (χ0v) is 16.8. The molecule has 0 radical (unpaired) electrons. The minimum absolute atomic E-state index is 0.0477. The molecule has 2 aliphatic rings. The van der Waals surface area contributed by atoms with E-state index in [1.807, 2.05) is 22.9 Å². The number of likely N-dealkylation sites (tertiary alicyclic amines) is 1. The maximum Gasteiger partial charge on any atom is 0.317 e. The van der Waals surface area contributed by atoms with Gasteiger partial charge < -0.3 is 15.3 Å². The van der Waals surface area contributed by atoms with Crippen molar-refractivity contribution in [3.8, 4) is 0 Å². The predicted molar refractivity (Wildman–Crippen MR) is 109 cm³/mol. The molecule has 3 atom stereocenters. The first-order valence-electron chi connectivity index (χ1n) is 10.5. The van der Waals surface area contributed by atoms with Crippen LogP contribution in [0.3, 0.4) is 0 Å². The second kappa shape index (κ2) is 9.92. The predicted octanol–water partition coefficient (Wildman–Crippen LogP) is 2.98. The number of urea groups is 1. The largest absolute Gasteiger partial charge is 0.480 e. The van der Waals surface area contributed by atoms with E-state index in [1.54, 1.807) is 0 Å². The SMILES string of the molecule is CN(CC(=O)O)C1CCCN(C(=O)NC2CCCC2Cc2ccccc2)CC1. The highest BCUT2D eigenvalue weighted by Gasteiger charge is 2.31. The summed E-state index contributed by atoms with van der Waals surface area (Å²) in [6, 6.07) is 11.1. The molecule has 2 fully saturated rings. The van der Waals surface area contributed by atoms with Crippen LogP contribution < -0.4 is 5.32 Å². The molecule has 154 valence electrons. The van der Waals surface area contributed by atoms with Gasteiger partial charge in [0, 0.05) is 25.2 Å². The summed E-state index contributed by atoms with van der Waals surface area (Å²) in [4.78, 5) is 27.6. The lowest BCUT2D eigenvalue weighted by atomic mass is 9.95. The van der Waals surface area contributed by atoms with Crippen molar-refractivity contribution in [2.75, 3.05) is 26.7 Å². The van der Waals surface area contributed by atoms with Gasteiger partial charge in [-0.1, -0.05) is 36.8 Å². The smallest absolute Gasteiger partial charge is 0.317 e. The van der Waals surface area contributed by atoms with Gasteiger partial charge in [-0.05, 0) is 57.1 Å². The van der Waals surface area contributed by atoms with Crippen molar-refractivity contribution in [3.63, 3.8) is 0 Å². The number of carbonyl (C=O) groups excluding carboxylic acids is 1. The first-order valence-corrected chi connectivity index (χ1v) is 10.5. The van der Waals surface area contributed by atoms with Gasteiger partial charge in [0.2, 0.25) is 0 Å². The lowest BCUT2D eigenvalue weighted by Crippen LogP contribution is -2.47. The Balaban J connectivity index is 1.50. The van der Waals surface area contributed by atoms with Crippen LogP contribution in [0.5, 0.6) is 0 Å². The van der Waals surface area contributed by atoms with Crippen molar-refractivity contribution < 1.29 is 14.7 Å². The van der Waals surface area contributed by atoms with Crippen molar-refractivity contribution in [3.05, 3.63) is 35.9 Å². The van der Waals surface area contributed by atoms with E-state index in [9.17, 15) is 9.59 Å². The summed E-state index contributed by atoms with van der Waals surface area (Å²) in [5, 5.41) is 12.3. The third-order valence-electron chi connectivity index (χ3n) is 6.30. The number of likely N-dealkylation sites (N-methyl/N-ethyl adjacent to an activating group) is 1. The fraction of sp³-hybridized carbons (Fsp3) is 0.636. The Kier molecular flexibility index (Phi) is 7.31. The van der Waals surface area contributed by atoms with Crippen LogP contribution in [0.1, 0.15) is 44.1 Å². The van der Waals surface area contributed by atoms with E-state index in [0.29, 0.717) is 12.5 Å². The second-order valence-electron chi connectivity index (χ2n) is 8.32. The van der Waals surface area contributed by atoms with Crippen molar-refractivity contribution in [1.29, 1.82) is 0 Å². The van der Waals surface area contributed by atoms with Gasteiger partial charge in [0.25, 0.3) is 0 Å². The molecule has 6 nitrogen and oxygen atoms in total. The lowest BCUT2D eigenvalue weighted by molar-refractivity contribution is -0.138. The van der Waals surface area contributed by atoms with Crippen LogP contribution in [-0.2, 0) is 11.2 Å². The molecule has 28 heavy (non-hydrogen) atoms. The van der Waals surface area contributed by atoms with Crippen LogP contribution in [0.4, 0.5) is 4.79 Å². The number of benzene rings is 1. The third kappa shape index (κ3) is 5.71. The van der Waals surface area contributed by atoms with E-state index in [2.05, 4.69) is 29.6 Å². The number of hydrogen-bond acceptors (Lipinski definition) is 3. The van der Waals surface area contributed by atoms with Crippen LogP contribution in [0, 0.1) is 5.92 Å². The van der Waals surface area contributed by atoms with Crippen LogP contribution in [0.25, 0.3) is 0 Å². The van der Waals surface area contributed by atoms with E-state index in [4.69, 9.17) is 5.11 Å². The molecule has 1 aromatic carbocycles. The molecule has 1 aromatic rings. The van der Waals surface area contributed by atoms with Crippen LogP contribution in [-0.4, -0.2) is 65.7 Å². The number of hydrogen-bond donors (Lipinski definition) is 2. The minimum Gasteiger partial charge on any atom is -0.480 e. The minimum atomic E-state index is -0.799. The molecule has 1 aliphatic heterocycles. The highest BCUT2D eigenvalue weighted by atomic mass is 16.4. The van der Waals surface area contributed by atoms with Gasteiger partial charge in [0.1, 0.15) is 0 Å². The van der Waals surface area contributed by atoms with Gasteiger partial charge in [-0.15, -0.1) is 0 Å². The molecule has 1 saturated heterocycles. The van der Waals surface area contributed by atoms with Gasteiger partial charge >= 0.3 is 12.0 Å². The fourth-order valence-electron chi connectivity index (χ4n) is 4.70. The van der Waals surface area contributed by atoms with Crippen molar-refractivity contribution >= 4 is 12.0 Å². The first kappa shape index (κ1) is 20.6. The Morgan fingerprint density at radius 1 is 1.11 bits per heavy atom. The third-order valence-corrected chi connectivity index (χ3v) is 6.30. The molecular formula is C22H33N3O3. The summed E-state index contributed by atoms with van der Waals surface area (Å²) < 4.78 is 0. The van der Waals surface area contributed by atoms with Crippen LogP contribution >= 0.6 is 0 Å². The highest BCUT2D eigenvalue weighted by Crippen LogP contribution is 2.29. The summed E-state index contributed by atoms with van der Waals surface area (Å²) in [6.45, 7) is 1.50. The second-order valence-corrected chi connectivity index (χ2v) is 8.32. The Labute approximate surface area is 167 Å². The average molecular weight is 388 g/mol. The molecule has 0 bridgehead atoms. The maximum absolute atomic E-state index is 12.9. The summed E-state index contributed by atoms with van der Waals surface area (Å²) in [6.07, 6.45) is 7.10. The standard InChI is InChI=1S/C22H33N3O3/c1-24(16-21(26)27)19-10-6-13-25(14-12-19)22(28)23-20-11-5-9-18(20)15-17-7-3-2-4-8-17/h2-4,7-8,18-20H,5-6,9-16H2,1H3,(H,23,28)(H,26,27). The number of nitrogens with zero attached hydrogens (tertiary/aromatic N) is 2. The van der Waals surface area contributed by atoms with E-state index in [1.165, 1.54) is 18.4 Å². The van der Waals surface area contributed by atoms with Gasteiger partial charge in [-0.2, -0.15) is 0 Å². The zero-order chi connectivity index (χ0) is 19.9. The number of amides is 2. The van der Waals surface area contributed by atoms with E-state index in [-0.39, 0.29) is 24.7 Å². The fourth-order valence-corrected chi connectivity index (χ4v) is 4.70. The first-order chi connectivity index (χ1) is 13.5. The summed E-state index contributed by atoms with van der Waals surface area (Å²) in [5.74, 6) is -0.292. The summed E-state index contributed by atoms with van der Waals surface area (Å²) in [7, 11) is 1.86. The number of carboxylic acid groups (broad SMARTS) is 1. The molecule has 3 unspecified atom stereocenters. The molecule has 1 aliphatic carbocycles. The maximum atomic E-state index is 12.9. The van der Waals surface area contributed by atoms with Crippen molar-refractivity contribution in [2.45, 2.75) is 57.0 Å². The van der Waals surface area contributed by atoms with Gasteiger partial charge in [0.15, 0.2) is 0 Å². The molecular weight excluding hydrogens is 354 g/mol. The Hall–Kier alpha value is -2.08. The lowest BCUT2D eigenvalue weighted by Gasteiger charge is -2.27. The zero-order valence-electron chi connectivity index (χ0n) is 16.8. The molecule has 3 rings (SSSR count). The molecule has 6 heteroatoms. The van der Waals surface area contributed by atoms with Crippen LogP contribution in [0.2, 0.25) is 0 Å². The summed E-state index contributed by atoms with van der Waals surface area (Å²) >= 11 is 0. The number of carbonyl (C=O) groups is 2. The Morgan fingerprint density at radius 3 is 2.64 bits per heavy atom. The van der Waals surface area contributed by atoms with Gasteiger partial charge in [-0.25, -0.2) is 4.79 Å². The van der Waals surface area contributed by atoms with Gasteiger partial charge in [0.05, 0.1) is 6.54 Å².